The van der Waals surface area contributed by atoms with Crippen LogP contribution in [0.1, 0.15) is 30.1 Å². The number of benzene rings is 1. The first-order valence-electron chi connectivity index (χ1n) is 7.07. The molecule has 0 unspecified atom stereocenters. The van der Waals surface area contributed by atoms with Crippen LogP contribution in [0.15, 0.2) is 28.1 Å². The summed E-state index contributed by atoms with van der Waals surface area (Å²) in [6.07, 6.45) is 0. The Hall–Kier alpha value is -0.910. The summed E-state index contributed by atoms with van der Waals surface area (Å²) in [5.41, 5.74) is 2.15. The molecule has 1 N–H and O–H groups in total. The molecule has 0 saturated carbocycles. The molecule has 0 amide bonds. The Bertz CT molecular complexity index is 583. The molecule has 5 heteroatoms. The number of nitrogens with zero attached hydrogens (tertiary/aromatic N) is 1. The highest BCUT2D eigenvalue weighted by Crippen LogP contribution is 2.24. The maximum Gasteiger partial charge on any atom is 0.131 e. The van der Waals surface area contributed by atoms with E-state index in [4.69, 9.17) is 4.74 Å². The zero-order valence-electron chi connectivity index (χ0n) is 12.6. The van der Waals surface area contributed by atoms with Gasteiger partial charge in [-0.3, -0.25) is 0 Å². The third kappa shape index (κ3) is 5.41. The van der Waals surface area contributed by atoms with Crippen molar-refractivity contribution in [1.29, 1.82) is 0 Å². The van der Waals surface area contributed by atoms with Gasteiger partial charge in [-0.25, -0.2) is 4.98 Å². The van der Waals surface area contributed by atoms with Gasteiger partial charge in [-0.05, 0) is 37.6 Å². The molecule has 0 aliphatic carbocycles. The minimum absolute atomic E-state index is 0.517. The number of rotatable bonds is 7. The Morgan fingerprint density at radius 3 is 2.86 bits per heavy atom. The van der Waals surface area contributed by atoms with Crippen LogP contribution in [0.5, 0.6) is 5.75 Å². The summed E-state index contributed by atoms with van der Waals surface area (Å²) < 4.78 is 7.00. The normalized spacial score (nSPS) is 11.1. The van der Waals surface area contributed by atoms with Gasteiger partial charge >= 0.3 is 0 Å². The Morgan fingerprint density at radius 1 is 1.38 bits per heavy atom. The van der Waals surface area contributed by atoms with Gasteiger partial charge in [0, 0.05) is 22.0 Å². The fourth-order valence-corrected chi connectivity index (χ4v) is 2.95. The van der Waals surface area contributed by atoms with Gasteiger partial charge in [0.2, 0.25) is 0 Å². The number of aromatic nitrogens is 1. The van der Waals surface area contributed by atoms with Gasteiger partial charge in [-0.15, -0.1) is 11.3 Å². The first-order valence-corrected chi connectivity index (χ1v) is 8.75. The second-order valence-corrected chi connectivity index (χ2v) is 7.40. The highest BCUT2D eigenvalue weighted by Gasteiger charge is 2.07. The molecule has 21 heavy (non-hydrogen) atoms. The van der Waals surface area contributed by atoms with E-state index in [-0.39, 0.29) is 0 Å². The molecule has 0 aliphatic heterocycles. The summed E-state index contributed by atoms with van der Waals surface area (Å²) in [5.74, 6) is 1.56. The quantitative estimate of drug-likeness (QED) is 0.778. The van der Waals surface area contributed by atoms with Crippen molar-refractivity contribution in [2.75, 3.05) is 6.54 Å². The molecule has 0 saturated heterocycles. The van der Waals surface area contributed by atoms with Gasteiger partial charge in [-0.1, -0.05) is 29.8 Å². The van der Waals surface area contributed by atoms with E-state index in [0.717, 1.165) is 39.6 Å². The highest BCUT2D eigenvalue weighted by molar-refractivity contribution is 9.10. The molecule has 0 fully saturated rings. The van der Waals surface area contributed by atoms with Crippen molar-refractivity contribution >= 4 is 27.3 Å². The molecule has 0 spiro atoms. The van der Waals surface area contributed by atoms with Gasteiger partial charge in [0.25, 0.3) is 0 Å². The van der Waals surface area contributed by atoms with Crippen LogP contribution >= 0.6 is 27.3 Å². The van der Waals surface area contributed by atoms with Crippen molar-refractivity contribution in [1.82, 2.24) is 10.3 Å². The van der Waals surface area contributed by atoms with E-state index in [1.807, 2.05) is 24.4 Å². The van der Waals surface area contributed by atoms with E-state index >= 15 is 0 Å². The lowest BCUT2D eigenvalue weighted by Gasteiger charge is -2.13. The van der Waals surface area contributed by atoms with Crippen molar-refractivity contribution in [3.8, 4) is 5.75 Å². The third-order valence-electron chi connectivity index (χ3n) is 2.93. The lowest BCUT2D eigenvalue weighted by Crippen LogP contribution is -2.19. The average molecular weight is 369 g/mol. The lowest BCUT2D eigenvalue weighted by molar-refractivity contribution is 0.297. The summed E-state index contributed by atoms with van der Waals surface area (Å²) in [5, 5.41) is 6.58. The minimum atomic E-state index is 0.517. The molecule has 2 aromatic rings. The monoisotopic (exact) mass is 368 g/mol. The number of aryl methyl sites for hydroxylation is 1. The maximum absolute atomic E-state index is 5.93. The number of thiazole rings is 1. The molecule has 114 valence electrons. The van der Waals surface area contributed by atoms with Gasteiger partial charge in [0.1, 0.15) is 12.4 Å². The van der Waals surface area contributed by atoms with Crippen molar-refractivity contribution in [3.63, 3.8) is 0 Å². The van der Waals surface area contributed by atoms with Crippen LogP contribution in [-0.4, -0.2) is 11.5 Å². The van der Waals surface area contributed by atoms with Gasteiger partial charge in [0.15, 0.2) is 0 Å². The molecule has 0 aliphatic rings. The van der Waals surface area contributed by atoms with E-state index < -0.39 is 0 Å². The number of hydrogen-bond donors (Lipinski definition) is 1. The first kappa shape index (κ1) is 16.5. The fraction of sp³-hybridized carbons (Fsp3) is 0.438. The van der Waals surface area contributed by atoms with Crippen LogP contribution in [0.4, 0.5) is 0 Å². The molecule has 1 aromatic heterocycles. The molecule has 0 atom stereocenters. The van der Waals surface area contributed by atoms with Crippen LogP contribution in [0.2, 0.25) is 0 Å². The van der Waals surface area contributed by atoms with Crippen LogP contribution in [0.25, 0.3) is 0 Å². The Kier molecular flexibility index (Phi) is 6.21. The molecule has 0 radical (unpaired) electrons. The Balaban J connectivity index is 2.00. The zero-order chi connectivity index (χ0) is 15.2. The first-order chi connectivity index (χ1) is 10.0. The summed E-state index contributed by atoms with van der Waals surface area (Å²) in [6.45, 7) is 8.74. The number of halogens is 1. The second-order valence-electron chi connectivity index (χ2n) is 5.42. The topological polar surface area (TPSA) is 34.1 Å². The summed E-state index contributed by atoms with van der Waals surface area (Å²) >= 11 is 5.17. The zero-order valence-corrected chi connectivity index (χ0v) is 15.1. The van der Waals surface area contributed by atoms with Crippen LogP contribution < -0.4 is 10.1 Å². The minimum Gasteiger partial charge on any atom is -0.487 e. The van der Waals surface area contributed by atoms with E-state index in [1.54, 1.807) is 11.3 Å². The standard InChI is InChI=1S/C16H21BrN2OS/c1-11(2)7-18-8-13-6-14(17)4-5-16(13)20-9-15-10-21-12(3)19-15/h4-6,10-11,18H,7-9H2,1-3H3. The predicted molar refractivity (Wildman–Crippen MR) is 91.9 cm³/mol. The summed E-state index contributed by atoms with van der Waals surface area (Å²) in [4.78, 5) is 4.43. The number of hydrogen-bond acceptors (Lipinski definition) is 4. The molecular formula is C16H21BrN2OS. The number of nitrogens with one attached hydrogen (secondary N) is 1. The second kappa shape index (κ2) is 7.92. The molecule has 3 nitrogen and oxygen atoms in total. The van der Waals surface area contributed by atoms with Gasteiger partial charge in [-0.2, -0.15) is 0 Å². The smallest absolute Gasteiger partial charge is 0.131 e. The summed E-state index contributed by atoms with van der Waals surface area (Å²) in [7, 11) is 0. The predicted octanol–water partition coefficient (Wildman–Crippen LogP) is 4.54. The molecule has 1 heterocycles. The van der Waals surface area contributed by atoms with Crippen molar-refractivity contribution < 1.29 is 4.74 Å². The third-order valence-corrected chi connectivity index (χ3v) is 4.25. The van der Waals surface area contributed by atoms with E-state index in [9.17, 15) is 0 Å². The van der Waals surface area contributed by atoms with E-state index in [1.165, 1.54) is 0 Å². The Morgan fingerprint density at radius 2 is 2.19 bits per heavy atom. The average Bonchev–Trinajstić information content (AvgIpc) is 2.83. The maximum atomic E-state index is 5.93. The fourth-order valence-electron chi connectivity index (χ4n) is 1.95. The molecule has 1 aromatic carbocycles. The molecule has 2 rings (SSSR count). The van der Waals surface area contributed by atoms with Crippen molar-refractivity contribution in [3.05, 3.63) is 44.3 Å². The SMILES string of the molecule is Cc1nc(COc2ccc(Br)cc2CNCC(C)C)cs1. The lowest BCUT2D eigenvalue weighted by atomic mass is 10.2. The van der Waals surface area contributed by atoms with Gasteiger partial charge in [0.05, 0.1) is 10.7 Å². The number of ether oxygens (including phenoxy) is 1. The molecule has 0 bridgehead atoms. The largest absolute Gasteiger partial charge is 0.487 e. The van der Waals surface area contributed by atoms with E-state index in [2.05, 4.69) is 46.1 Å². The highest BCUT2D eigenvalue weighted by atomic mass is 79.9. The summed E-state index contributed by atoms with van der Waals surface area (Å²) in [6, 6.07) is 6.12. The van der Waals surface area contributed by atoms with E-state index in [0.29, 0.717) is 12.5 Å². The Labute approximate surface area is 138 Å². The van der Waals surface area contributed by atoms with Crippen molar-refractivity contribution in [2.45, 2.75) is 33.9 Å². The van der Waals surface area contributed by atoms with Crippen LogP contribution in [0.3, 0.4) is 0 Å². The van der Waals surface area contributed by atoms with Crippen molar-refractivity contribution in [2.24, 2.45) is 5.92 Å². The van der Waals surface area contributed by atoms with Crippen LogP contribution in [-0.2, 0) is 13.2 Å². The molecular weight excluding hydrogens is 348 g/mol. The van der Waals surface area contributed by atoms with Crippen LogP contribution in [0, 0.1) is 12.8 Å². The van der Waals surface area contributed by atoms with Gasteiger partial charge < -0.3 is 10.1 Å².